The Balaban J connectivity index is 1.97. The van der Waals surface area contributed by atoms with Gasteiger partial charge < -0.3 is 0 Å². The Hall–Kier alpha value is -2.74. The molecule has 156 valence electrons. The van der Waals surface area contributed by atoms with Crippen LogP contribution in [0.5, 0.6) is 5.75 Å². The molecule has 0 saturated carbocycles. The third kappa shape index (κ3) is 3.84. The topological polar surface area (TPSA) is 26.3 Å². The number of carbonyl (C=O) groups is 1. The van der Waals surface area contributed by atoms with Crippen LogP contribution in [0.2, 0.25) is 0 Å². The van der Waals surface area contributed by atoms with E-state index >= 15 is 0 Å². The summed E-state index contributed by atoms with van der Waals surface area (Å²) in [7, 11) is 1.63. The molecule has 0 saturated heterocycles. The van der Waals surface area contributed by atoms with Crippen LogP contribution < -0.4 is 20.7 Å². The molecule has 0 radical (unpaired) electrons. The first kappa shape index (κ1) is 21.5. The van der Waals surface area contributed by atoms with Gasteiger partial charge in [0.2, 0.25) is 0 Å². The molecule has 0 aliphatic rings. The molecule has 4 heteroatoms. The van der Waals surface area contributed by atoms with E-state index in [0.29, 0.717) is 11.7 Å². The number of ether oxygens (including phenoxy) is 1. The van der Waals surface area contributed by atoms with Crippen molar-refractivity contribution >= 4 is 42.5 Å². The molecule has 0 aliphatic heterocycles. The first-order valence-electron chi connectivity index (χ1n) is 10.1. The Labute approximate surface area is 191 Å². The minimum absolute atomic E-state index is 0.0914. The summed E-state index contributed by atoms with van der Waals surface area (Å²) < 4.78 is 5.27. The van der Waals surface area contributed by atoms with Crippen molar-refractivity contribution in [3.63, 3.8) is 0 Å². The van der Waals surface area contributed by atoms with E-state index < -0.39 is 5.31 Å². The molecule has 0 bridgehead atoms. The van der Waals surface area contributed by atoms with E-state index in [1.54, 1.807) is 7.11 Å². The quantitative estimate of drug-likeness (QED) is 0.244. The number of benzene rings is 4. The van der Waals surface area contributed by atoms with Gasteiger partial charge in [0.15, 0.2) is 0 Å². The average molecular weight is 491 g/mol. The molecule has 4 rings (SSSR count). The van der Waals surface area contributed by atoms with E-state index in [-0.39, 0.29) is 5.78 Å². The molecule has 0 aromatic heterocycles. The summed E-state index contributed by atoms with van der Waals surface area (Å²) in [6.07, 6.45) is 0.343. The molecule has 2 nitrogen and oxygen atoms in total. The van der Waals surface area contributed by atoms with Gasteiger partial charge in [-0.3, -0.25) is 0 Å². The Morgan fingerprint density at radius 2 is 1.06 bits per heavy atom. The van der Waals surface area contributed by atoms with Gasteiger partial charge in [-0.15, -0.1) is 0 Å². The molecular formula is C27H24BrO2P. The Morgan fingerprint density at radius 3 is 1.42 bits per heavy atom. The molecular weight excluding hydrogens is 467 g/mol. The summed E-state index contributed by atoms with van der Waals surface area (Å²) in [5.74, 6) is 0.829. The maximum atomic E-state index is 13.7. The van der Waals surface area contributed by atoms with Crippen molar-refractivity contribution in [3.05, 3.63) is 121 Å². The van der Waals surface area contributed by atoms with E-state index in [0.717, 1.165) is 21.7 Å². The molecule has 4 aromatic rings. The van der Waals surface area contributed by atoms with E-state index in [2.05, 4.69) is 51.9 Å². The second-order valence-corrected chi connectivity index (χ2v) is 16.4. The Kier molecular flexibility index (Phi) is 6.09. The summed E-state index contributed by atoms with van der Waals surface area (Å²) in [4.78, 5) is 13.7. The monoisotopic (exact) mass is 490 g/mol. The van der Waals surface area contributed by atoms with E-state index in [9.17, 15) is 4.79 Å². The minimum atomic E-state index is -3.28. The number of Topliss-reactive ketones (excluding diaryl/α,β-unsaturated/α-hetero) is 1. The van der Waals surface area contributed by atoms with Gasteiger partial charge in [-0.1, -0.05) is 0 Å². The molecule has 0 atom stereocenters. The average Bonchev–Trinajstić information content (AvgIpc) is 2.85. The van der Waals surface area contributed by atoms with Gasteiger partial charge in [-0.05, 0) is 0 Å². The number of rotatable bonds is 7. The summed E-state index contributed by atoms with van der Waals surface area (Å²) in [6, 6.07) is 38.5. The van der Waals surface area contributed by atoms with Crippen LogP contribution in [-0.2, 0) is 0 Å². The van der Waals surface area contributed by atoms with Crippen LogP contribution >= 0.6 is 20.8 Å². The Morgan fingerprint density at radius 1 is 0.677 bits per heavy atom. The zero-order valence-electron chi connectivity index (χ0n) is 17.3. The molecule has 0 N–H and O–H groups in total. The SMILES string of the molecule is COc1ccc(C(=O)CP(Br)(c2ccccc2)(c2ccccc2)c2ccccc2)cc1. The third-order valence-corrected chi connectivity index (χ3v) is 15.2. The van der Waals surface area contributed by atoms with Gasteiger partial charge >= 0.3 is 192 Å². The van der Waals surface area contributed by atoms with Crippen LogP contribution in [0.4, 0.5) is 0 Å². The first-order valence-corrected chi connectivity index (χ1v) is 14.6. The fourth-order valence-electron chi connectivity index (χ4n) is 4.08. The predicted octanol–water partition coefficient (Wildman–Crippen LogP) is 5.72. The predicted molar refractivity (Wildman–Crippen MR) is 136 cm³/mol. The van der Waals surface area contributed by atoms with Crippen LogP contribution in [0.15, 0.2) is 115 Å². The summed E-state index contributed by atoms with van der Waals surface area (Å²) >= 11 is 4.33. The van der Waals surface area contributed by atoms with Gasteiger partial charge in [0.25, 0.3) is 0 Å². The van der Waals surface area contributed by atoms with Crippen molar-refractivity contribution in [3.8, 4) is 5.75 Å². The fraction of sp³-hybridized carbons (Fsp3) is 0.0741. The van der Waals surface area contributed by atoms with Gasteiger partial charge in [0, 0.05) is 0 Å². The van der Waals surface area contributed by atoms with E-state index in [1.807, 2.05) is 78.9 Å². The van der Waals surface area contributed by atoms with Crippen molar-refractivity contribution in [2.75, 3.05) is 13.3 Å². The molecule has 0 heterocycles. The molecule has 0 aliphatic carbocycles. The van der Waals surface area contributed by atoms with Crippen LogP contribution in [0.3, 0.4) is 0 Å². The standard InChI is InChI=1S/C27H24BrO2P/c1-30-23-19-17-22(18-20-23)27(29)21-31(28,24-11-5-2-6-12-24,25-13-7-3-8-14-25)26-15-9-4-10-16-26/h2-20H,21H2,1H3. The van der Waals surface area contributed by atoms with Crippen molar-refractivity contribution in [1.82, 2.24) is 0 Å². The van der Waals surface area contributed by atoms with E-state index in [1.165, 1.54) is 0 Å². The number of methoxy groups -OCH3 is 1. The van der Waals surface area contributed by atoms with Crippen LogP contribution in [0, 0.1) is 0 Å². The molecule has 0 spiro atoms. The molecule has 4 aromatic carbocycles. The van der Waals surface area contributed by atoms with Crippen molar-refractivity contribution in [2.24, 2.45) is 0 Å². The van der Waals surface area contributed by atoms with Gasteiger partial charge in [0.1, 0.15) is 0 Å². The molecule has 0 fully saturated rings. The second kappa shape index (κ2) is 8.78. The van der Waals surface area contributed by atoms with Gasteiger partial charge in [-0.2, -0.15) is 0 Å². The first-order chi connectivity index (χ1) is 15.1. The van der Waals surface area contributed by atoms with Crippen molar-refractivity contribution in [1.29, 1.82) is 0 Å². The number of hydrogen-bond acceptors (Lipinski definition) is 2. The number of hydrogen-bond donors (Lipinski definition) is 0. The van der Waals surface area contributed by atoms with Gasteiger partial charge in [0.05, 0.1) is 0 Å². The zero-order chi connectivity index (χ0) is 21.8. The Bertz CT molecular complexity index is 1060. The normalized spacial score (nSPS) is 12.5. The van der Waals surface area contributed by atoms with Gasteiger partial charge in [-0.25, -0.2) is 0 Å². The third-order valence-electron chi connectivity index (χ3n) is 5.74. The summed E-state index contributed by atoms with van der Waals surface area (Å²) in [6.45, 7) is 0. The van der Waals surface area contributed by atoms with E-state index in [4.69, 9.17) is 4.74 Å². The van der Waals surface area contributed by atoms with Crippen LogP contribution in [-0.4, -0.2) is 19.1 Å². The molecule has 0 unspecified atom stereocenters. The van der Waals surface area contributed by atoms with Crippen molar-refractivity contribution < 1.29 is 9.53 Å². The fourth-order valence-corrected chi connectivity index (χ4v) is 11.4. The van der Waals surface area contributed by atoms with Crippen LogP contribution in [0.1, 0.15) is 10.4 Å². The summed E-state index contributed by atoms with van der Waals surface area (Å²) in [5, 5.41) is 0.119. The molecule has 31 heavy (non-hydrogen) atoms. The summed E-state index contributed by atoms with van der Waals surface area (Å²) in [5.41, 5.74) is 0.678. The molecule has 0 amide bonds. The number of ketones is 1. The van der Waals surface area contributed by atoms with Crippen LogP contribution in [0.25, 0.3) is 0 Å². The second-order valence-electron chi connectivity index (χ2n) is 7.50. The zero-order valence-corrected chi connectivity index (χ0v) is 19.8. The number of halogens is 1. The van der Waals surface area contributed by atoms with Crippen molar-refractivity contribution in [2.45, 2.75) is 0 Å². The maximum absolute atomic E-state index is 13.7. The number of carbonyl (C=O) groups excluding carboxylic acids is 1.